The highest BCUT2D eigenvalue weighted by atomic mass is 19.3. The smallest absolute Gasteiger partial charge is 0.400 e. The van der Waals surface area contributed by atoms with E-state index in [0.29, 0.717) is 30.9 Å². The molecule has 7 heteroatoms. The van der Waals surface area contributed by atoms with E-state index in [4.69, 9.17) is 10.00 Å². The normalized spacial score (nSPS) is 22.4. The molecule has 0 bridgehead atoms. The number of unbranched alkanes of at least 4 members (excludes halogenated alkanes) is 2. The van der Waals surface area contributed by atoms with Gasteiger partial charge < -0.3 is 4.74 Å². The molecule has 2 aliphatic rings. The summed E-state index contributed by atoms with van der Waals surface area (Å²) in [5, 5.41) is 8.87. The first-order valence-corrected chi connectivity index (χ1v) is 16.0. The summed E-state index contributed by atoms with van der Waals surface area (Å²) in [6.07, 6.45) is 8.39. The summed E-state index contributed by atoms with van der Waals surface area (Å²) in [6, 6.07) is 14.9. The summed E-state index contributed by atoms with van der Waals surface area (Å²) in [7, 11) is 0. The second-order valence-electron chi connectivity index (χ2n) is 12.7. The fraction of sp³-hybridized carbons (Fsp3) is 0.486. The number of hydrogen-bond donors (Lipinski definition) is 0. The predicted molar refractivity (Wildman–Crippen MR) is 162 cm³/mol. The molecular weight excluding hydrogens is 569 g/mol. The van der Waals surface area contributed by atoms with E-state index >= 15 is 8.78 Å². The van der Waals surface area contributed by atoms with Gasteiger partial charge in [0, 0.05) is 12.1 Å². The Morgan fingerprint density at radius 1 is 0.750 bits per heavy atom. The number of alkyl halides is 2. The van der Waals surface area contributed by atoms with E-state index in [9.17, 15) is 13.2 Å². The predicted octanol–water partition coefficient (Wildman–Crippen LogP) is 11.4. The molecule has 44 heavy (non-hydrogen) atoms. The molecule has 0 aliphatic heterocycles. The fourth-order valence-corrected chi connectivity index (χ4v) is 7.16. The van der Waals surface area contributed by atoms with Gasteiger partial charge in [-0.15, -0.1) is 0 Å². The standard InChI is InChI=1S/C37H40F5NO/c1-2-3-4-5-24-6-8-25(9-7-24)26-10-12-27(13-11-26)28-16-18-31(19-17-28)37(41,42)44-32-21-34(39)36(35(40)22-32)29-14-15-30(23-43)33(38)20-29/h10-15,20-22,24-25,28,31H,2-9,16-19H2,1H3. The van der Waals surface area contributed by atoms with Crippen molar-refractivity contribution in [2.45, 2.75) is 102 Å². The van der Waals surface area contributed by atoms with Crippen LogP contribution in [0.25, 0.3) is 11.1 Å². The van der Waals surface area contributed by atoms with E-state index in [1.54, 1.807) is 6.07 Å². The molecule has 0 saturated heterocycles. The van der Waals surface area contributed by atoms with E-state index in [1.807, 2.05) is 0 Å². The van der Waals surface area contributed by atoms with Crippen molar-refractivity contribution in [3.05, 3.63) is 88.7 Å². The number of halogens is 5. The molecule has 2 aliphatic carbocycles. The van der Waals surface area contributed by atoms with Crippen LogP contribution in [0.5, 0.6) is 5.75 Å². The number of nitrogens with zero attached hydrogens (tertiary/aromatic N) is 1. The van der Waals surface area contributed by atoms with Crippen molar-refractivity contribution in [2.24, 2.45) is 11.8 Å². The van der Waals surface area contributed by atoms with Crippen molar-refractivity contribution in [1.29, 1.82) is 5.26 Å². The molecule has 0 amide bonds. The van der Waals surface area contributed by atoms with Gasteiger partial charge in [0.05, 0.1) is 17.0 Å². The van der Waals surface area contributed by atoms with Crippen LogP contribution in [-0.4, -0.2) is 6.11 Å². The summed E-state index contributed by atoms with van der Waals surface area (Å²) in [5.74, 6) is -3.30. The maximum Gasteiger partial charge on any atom is 0.400 e. The van der Waals surface area contributed by atoms with Crippen molar-refractivity contribution in [2.75, 3.05) is 0 Å². The second-order valence-corrected chi connectivity index (χ2v) is 12.7. The van der Waals surface area contributed by atoms with Gasteiger partial charge in [-0.05, 0) is 97.9 Å². The first kappa shape index (κ1) is 32.0. The lowest BCUT2D eigenvalue weighted by atomic mass is 9.75. The first-order valence-electron chi connectivity index (χ1n) is 16.0. The third-order valence-corrected chi connectivity index (χ3v) is 9.79. The highest BCUT2D eigenvalue weighted by molar-refractivity contribution is 5.67. The Morgan fingerprint density at radius 2 is 1.32 bits per heavy atom. The summed E-state index contributed by atoms with van der Waals surface area (Å²) in [6.45, 7) is 2.25. The highest BCUT2D eigenvalue weighted by Gasteiger charge is 2.44. The molecule has 2 fully saturated rings. The van der Waals surface area contributed by atoms with Crippen molar-refractivity contribution < 1.29 is 26.7 Å². The summed E-state index contributed by atoms with van der Waals surface area (Å²) in [4.78, 5) is 0. The number of nitriles is 1. The van der Waals surface area contributed by atoms with E-state index < -0.39 is 40.8 Å². The van der Waals surface area contributed by atoms with Gasteiger partial charge in [-0.1, -0.05) is 62.9 Å². The minimum atomic E-state index is -3.61. The Hall–Kier alpha value is -3.40. The summed E-state index contributed by atoms with van der Waals surface area (Å²) < 4.78 is 78.9. The van der Waals surface area contributed by atoms with Crippen molar-refractivity contribution in [1.82, 2.24) is 0 Å². The lowest BCUT2D eigenvalue weighted by molar-refractivity contribution is -0.222. The zero-order valence-corrected chi connectivity index (χ0v) is 25.2. The molecule has 0 spiro atoms. The SMILES string of the molecule is CCCCCC1CCC(c2ccc(C3CCC(C(F)(F)Oc4cc(F)c(-c5ccc(C#N)c(F)c5)c(F)c4)CC3)cc2)CC1. The lowest BCUT2D eigenvalue weighted by Crippen LogP contribution is -2.37. The van der Waals surface area contributed by atoms with Crippen molar-refractivity contribution in [3.8, 4) is 22.9 Å². The molecule has 234 valence electrons. The third-order valence-electron chi connectivity index (χ3n) is 9.79. The van der Waals surface area contributed by atoms with Crippen LogP contribution in [0.2, 0.25) is 0 Å². The van der Waals surface area contributed by atoms with Gasteiger partial charge >= 0.3 is 6.11 Å². The van der Waals surface area contributed by atoms with Crippen molar-refractivity contribution in [3.63, 3.8) is 0 Å². The van der Waals surface area contributed by atoms with Crippen LogP contribution < -0.4 is 4.74 Å². The first-order chi connectivity index (χ1) is 21.2. The molecule has 0 N–H and O–H groups in total. The quantitative estimate of drug-likeness (QED) is 0.169. The Labute approximate surface area is 257 Å². The monoisotopic (exact) mass is 609 g/mol. The second kappa shape index (κ2) is 14.1. The molecule has 0 atom stereocenters. The average Bonchev–Trinajstić information content (AvgIpc) is 3.01. The van der Waals surface area contributed by atoms with Gasteiger partial charge in [0.25, 0.3) is 0 Å². The van der Waals surface area contributed by atoms with Crippen LogP contribution in [-0.2, 0) is 0 Å². The molecule has 3 aromatic carbocycles. The van der Waals surface area contributed by atoms with Crippen molar-refractivity contribution >= 4 is 0 Å². The molecule has 0 aromatic heterocycles. The van der Waals surface area contributed by atoms with Gasteiger partial charge in [0.2, 0.25) is 0 Å². The van der Waals surface area contributed by atoms with Crippen LogP contribution in [0.15, 0.2) is 54.6 Å². The minimum Gasteiger partial charge on any atom is -0.432 e. The fourth-order valence-electron chi connectivity index (χ4n) is 7.16. The summed E-state index contributed by atoms with van der Waals surface area (Å²) >= 11 is 0. The van der Waals surface area contributed by atoms with Crippen LogP contribution >= 0.6 is 0 Å². The number of benzene rings is 3. The van der Waals surface area contributed by atoms with Crippen LogP contribution in [0.1, 0.15) is 112 Å². The number of hydrogen-bond acceptors (Lipinski definition) is 2. The Morgan fingerprint density at radius 3 is 1.84 bits per heavy atom. The van der Waals surface area contributed by atoms with Crippen LogP contribution in [0, 0.1) is 40.6 Å². The molecule has 0 radical (unpaired) electrons. The Bertz CT molecular complexity index is 1420. The van der Waals surface area contributed by atoms with E-state index in [0.717, 1.165) is 18.1 Å². The van der Waals surface area contributed by atoms with E-state index in [-0.39, 0.29) is 29.9 Å². The maximum atomic E-state index is 15.2. The zero-order valence-electron chi connectivity index (χ0n) is 25.2. The van der Waals surface area contributed by atoms with Crippen LogP contribution in [0.4, 0.5) is 22.0 Å². The van der Waals surface area contributed by atoms with Gasteiger partial charge in [-0.25, -0.2) is 13.2 Å². The number of rotatable bonds is 10. The Kier molecular flexibility index (Phi) is 10.3. The van der Waals surface area contributed by atoms with Gasteiger partial charge in [-0.2, -0.15) is 14.0 Å². The summed E-state index contributed by atoms with van der Waals surface area (Å²) in [5.41, 5.74) is 1.55. The highest BCUT2D eigenvalue weighted by Crippen LogP contribution is 2.44. The maximum absolute atomic E-state index is 15.2. The average molecular weight is 610 g/mol. The van der Waals surface area contributed by atoms with E-state index in [1.165, 1.54) is 68.6 Å². The molecule has 2 saturated carbocycles. The molecule has 2 nitrogen and oxygen atoms in total. The topological polar surface area (TPSA) is 33.0 Å². The van der Waals surface area contributed by atoms with Crippen LogP contribution in [0.3, 0.4) is 0 Å². The third kappa shape index (κ3) is 7.45. The Balaban J connectivity index is 1.15. The van der Waals surface area contributed by atoms with Gasteiger partial charge in [0.1, 0.15) is 29.3 Å². The minimum absolute atomic E-state index is 0.147. The molecule has 0 unspecified atom stereocenters. The van der Waals surface area contributed by atoms with Gasteiger partial charge in [-0.3, -0.25) is 0 Å². The number of ether oxygens (including phenoxy) is 1. The zero-order chi connectivity index (χ0) is 31.3. The molecule has 0 heterocycles. The van der Waals surface area contributed by atoms with E-state index in [2.05, 4.69) is 31.2 Å². The largest absolute Gasteiger partial charge is 0.432 e. The van der Waals surface area contributed by atoms with Gasteiger partial charge in [0.15, 0.2) is 0 Å². The molecule has 3 aromatic rings. The molecular formula is C37H40F5NO. The lowest BCUT2D eigenvalue weighted by Gasteiger charge is -2.33. The molecule has 5 rings (SSSR count).